The summed E-state index contributed by atoms with van der Waals surface area (Å²) in [5, 5.41) is 9.46. The van der Waals surface area contributed by atoms with Gasteiger partial charge in [-0.2, -0.15) is 0 Å². The van der Waals surface area contributed by atoms with Crippen molar-refractivity contribution in [2.75, 3.05) is 19.7 Å². The molecule has 2 atom stereocenters. The SMILES string of the molecule is C[C@@H]1CN(C(=O)c2cnc(OCC3CC3)c(Cl)c2)C[C@H]1C(=O)O. The van der Waals surface area contributed by atoms with Crippen molar-refractivity contribution >= 4 is 23.5 Å². The van der Waals surface area contributed by atoms with Gasteiger partial charge in [0.2, 0.25) is 5.88 Å². The summed E-state index contributed by atoms with van der Waals surface area (Å²) < 4.78 is 5.54. The number of carbonyl (C=O) groups excluding carboxylic acids is 1. The third kappa shape index (κ3) is 3.58. The highest BCUT2D eigenvalue weighted by Crippen LogP contribution is 2.31. The van der Waals surface area contributed by atoms with Crippen LogP contribution >= 0.6 is 11.6 Å². The van der Waals surface area contributed by atoms with Crippen molar-refractivity contribution in [2.45, 2.75) is 19.8 Å². The number of aromatic nitrogens is 1. The van der Waals surface area contributed by atoms with Crippen molar-refractivity contribution in [3.8, 4) is 5.88 Å². The molecule has 1 aliphatic carbocycles. The average molecular weight is 339 g/mol. The summed E-state index contributed by atoms with van der Waals surface area (Å²) in [6.45, 7) is 3.08. The Labute approximate surface area is 139 Å². The van der Waals surface area contributed by atoms with Gasteiger partial charge in [0.25, 0.3) is 5.91 Å². The highest BCUT2D eigenvalue weighted by atomic mass is 35.5. The number of carboxylic acid groups (broad SMARTS) is 1. The Bertz CT molecular complexity index is 633. The fourth-order valence-corrected chi connectivity index (χ4v) is 2.99. The number of hydrogen-bond acceptors (Lipinski definition) is 4. The molecule has 1 aromatic heterocycles. The first-order valence-electron chi connectivity index (χ1n) is 7.76. The lowest BCUT2D eigenvalue weighted by atomic mass is 9.99. The topological polar surface area (TPSA) is 79.7 Å². The van der Waals surface area contributed by atoms with Gasteiger partial charge in [-0.15, -0.1) is 0 Å². The highest BCUT2D eigenvalue weighted by Gasteiger charge is 2.37. The Morgan fingerprint density at radius 3 is 2.74 bits per heavy atom. The van der Waals surface area contributed by atoms with Crippen LogP contribution in [-0.4, -0.2) is 46.6 Å². The maximum Gasteiger partial charge on any atom is 0.308 e. The molecule has 1 aromatic rings. The number of aliphatic carboxylic acids is 1. The van der Waals surface area contributed by atoms with E-state index in [1.807, 2.05) is 6.92 Å². The average Bonchev–Trinajstić information content (AvgIpc) is 3.25. The van der Waals surface area contributed by atoms with E-state index in [1.165, 1.54) is 25.1 Å². The second-order valence-electron chi connectivity index (χ2n) is 6.40. The Morgan fingerprint density at radius 2 is 2.17 bits per heavy atom. The second kappa shape index (κ2) is 6.35. The van der Waals surface area contributed by atoms with E-state index in [9.17, 15) is 9.59 Å². The minimum Gasteiger partial charge on any atom is -0.481 e. The summed E-state index contributed by atoms with van der Waals surface area (Å²) in [6, 6.07) is 1.54. The second-order valence-corrected chi connectivity index (χ2v) is 6.80. The van der Waals surface area contributed by atoms with Gasteiger partial charge in [0, 0.05) is 19.3 Å². The maximum atomic E-state index is 12.5. The third-order valence-electron chi connectivity index (χ3n) is 4.42. The predicted octanol–water partition coefficient (Wildman–Crippen LogP) is 2.32. The van der Waals surface area contributed by atoms with Crippen LogP contribution in [0.3, 0.4) is 0 Å². The van der Waals surface area contributed by atoms with Crippen LogP contribution in [0.5, 0.6) is 5.88 Å². The van der Waals surface area contributed by atoms with Gasteiger partial charge in [-0.3, -0.25) is 9.59 Å². The summed E-state index contributed by atoms with van der Waals surface area (Å²) in [7, 11) is 0. The van der Waals surface area contributed by atoms with Gasteiger partial charge in [0.1, 0.15) is 5.02 Å². The molecular weight excluding hydrogens is 320 g/mol. The van der Waals surface area contributed by atoms with Crippen LogP contribution in [0.4, 0.5) is 0 Å². The first-order chi connectivity index (χ1) is 11.0. The van der Waals surface area contributed by atoms with Crippen molar-refractivity contribution in [1.82, 2.24) is 9.88 Å². The van der Waals surface area contributed by atoms with Crippen LogP contribution in [-0.2, 0) is 4.79 Å². The number of carbonyl (C=O) groups is 2. The summed E-state index contributed by atoms with van der Waals surface area (Å²) in [4.78, 5) is 29.3. The third-order valence-corrected chi connectivity index (χ3v) is 4.69. The zero-order chi connectivity index (χ0) is 16.6. The molecule has 23 heavy (non-hydrogen) atoms. The molecule has 2 heterocycles. The molecule has 1 saturated heterocycles. The van der Waals surface area contributed by atoms with Gasteiger partial charge in [-0.25, -0.2) is 4.98 Å². The molecule has 1 amide bonds. The Morgan fingerprint density at radius 1 is 1.43 bits per heavy atom. The summed E-state index contributed by atoms with van der Waals surface area (Å²) in [5.41, 5.74) is 0.354. The van der Waals surface area contributed by atoms with Crippen molar-refractivity contribution < 1.29 is 19.4 Å². The van der Waals surface area contributed by atoms with Gasteiger partial charge in [-0.05, 0) is 30.7 Å². The Kier molecular flexibility index (Phi) is 4.43. The predicted molar refractivity (Wildman–Crippen MR) is 83.7 cm³/mol. The van der Waals surface area contributed by atoms with Gasteiger partial charge in [-0.1, -0.05) is 18.5 Å². The molecule has 3 rings (SSSR count). The molecule has 1 N–H and O–H groups in total. The molecule has 0 spiro atoms. The van der Waals surface area contributed by atoms with Crippen molar-refractivity contribution in [1.29, 1.82) is 0 Å². The number of halogens is 1. The largest absolute Gasteiger partial charge is 0.481 e. The molecular formula is C16H19ClN2O4. The minimum absolute atomic E-state index is 0.0685. The van der Waals surface area contributed by atoms with E-state index in [1.54, 1.807) is 4.90 Å². The quantitative estimate of drug-likeness (QED) is 0.891. The lowest BCUT2D eigenvalue weighted by Gasteiger charge is -2.16. The summed E-state index contributed by atoms with van der Waals surface area (Å²) in [5.74, 6) is -0.775. The molecule has 0 aromatic carbocycles. The van der Waals surface area contributed by atoms with E-state index in [0.29, 0.717) is 35.5 Å². The Hall–Kier alpha value is -1.82. The number of likely N-dealkylation sites (tertiary alicyclic amines) is 1. The fraction of sp³-hybridized carbons (Fsp3) is 0.562. The smallest absolute Gasteiger partial charge is 0.308 e. The molecule has 0 unspecified atom stereocenters. The number of carboxylic acids is 1. The lowest BCUT2D eigenvalue weighted by Crippen LogP contribution is -2.30. The van der Waals surface area contributed by atoms with Gasteiger partial charge in [0.15, 0.2) is 0 Å². The van der Waals surface area contributed by atoms with Gasteiger partial charge in [0.05, 0.1) is 18.1 Å². The molecule has 124 valence electrons. The van der Waals surface area contributed by atoms with Crippen molar-refractivity contribution in [2.24, 2.45) is 17.8 Å². The van der Waals surface area contributed by atoms with Crippen molar-refractivity contribution in [3.63, 3.8) is 0 Å². The van der Waals surface area contributed by atoms with E-state index in [0.717, 1.165) is 0 Å². The van der Waals surface area contributed by atoms with Crippen LogP contribution in [0.2, 0.25) is 5.02 Å². The minimum atomic E-state index is -0.868. The Balaban J connectivity index is 1.67. The molecule has 2 fully saturated rings. The molecule has 0 radical (unpaired) electrons. The molecule has 2 aliphatic rings. The van der Waals surface area contributed by atoms with E-state index < -0.39 is 11.9 Å². The van der Waals surface area contributed by atoms with Crippen LogP contribution in [0.25, 0.3) is 0 Å². The maximum absolute atomic E-state index is 12.5. The zero-order valence-electron chi connectivity index (χ0n) is 12.9. The molecule has 1 aliphatic heterocycles. The van der Waals surface area contributed by atoms with E-state index >= 15 is 0 Å². The number of amides is 1. The van der Waals surface area contributed by atoms with E-state index in [-0.39, 0.29) is 18.4 Å². The molecule has 1 saturated carbocycles. The fourth-order valence-electron chi connectivity index (χ4n) is 2.77. The molecule has 7 heteroatoms. The number of ether oxygens (including phenoxy) is 1. The van der Waals surface area contributed by atoms with E-state index in [4.69, 9.17) is 21.4 Å². The first kappa shape index (κ1) is 16.1. The van der Waals surface area contributed by atoms with E-state index in [2.05, 4.69) is 4.98 Å². The molecule has 6 nitrogen and oxygen atoms in total. The zero-order valence-corrected chi connectivity index (χ0v) is 13.6. The normalized spacial score (nSPS) is 23.8. The summed E-state index contributed by atoms with van der Waals surface area (Å²) >= 11 is 6.14. The van der Waals surface area contributed by atoms with Crippen LogP contribution in [0.15, 0.2) is 12.3 Å². The number of nitrogens with zero attached hydrogens (tertiary/aromatic N) is 2. The highest BCUT2D eigenvalue weighted by molar-refractivity contribution is 6.32. The summed E-state index contributed by atoms with van der Waals surface area (Å²) in [6.07, 6.45) is 3.79. The number of hydrogen-bond donors (Lipinski definition) is 1. The van der Waals surface area contributed by atoms with Crippen LogP contribution in [0.1, 0.15) is 30.1 Å². The van der Waals surface area contributed by atoms with Crippen molar-refractivity contribution in [3.05, 3.63) is 22.8 Å². The first-order valence-corrected chi connectivity index (χ1v) is 8.14. The van der Waals surface area contributed by atoms with Crippen LogP contribution < -0.4 is 4.74 Å². The monoisotopic (exact) mass is 338 g/mol. The van der Waals surface area contributed by atoms with Gasteiger partial charge < -0.3 is 14.7 Å². The number of pyridine rings is 1. The standard InChI is InChI=1S/C16H19ClN2O4/c1-9-6-19(7-12(9)16(21)22)15(20)11-4-13(17)14(18-5-11)23-8-10-2-3-10/h4-5,9-10,12H,2-3,6-8H2,1H3,(H,21,22)/t9-,12-/m1/s1. The number of rotatable bonds is 5. The van der Waals surface area contributed by atoms with Gasteiger partial charge >= 0.3 is 5.97 Å². The van der Waals surface area contributed by atoms with Crippen LogP contribution in [0, 0.1) is 17.8 Å². The lowest BCUT2D eigenvalue weighted by molar-refractivity contribution is -0.142. The molecule has 0 bridgehead atoms.